The molecule has 2 N–H and O–H groups in total. The van der Waals surface area contributed by atoms with Gasteiger partial charge in [-0.15, -0.1) is 0 Å². The highest BCUT2D eigenvalue weighted by Crippen LogP contribution is 2.44. The van der Waals surface area contributed by atoms with Crippen LogP contribution in [0.4, 0.5) is 5.69 Å². The number of unbranched alkanes of at least 4 members (excludes halogenated alkanes) is 1. The van der Waals surface area contributed by atoms with Gasteiger partial charge in [-0.25, -0.2) is 0 Å². The van der Waals surface area contributed by atoms with Crippen LogP contribution >= 0.6 is 11.8 Å². The van der Waals surface area contributed by atoms with Gasteiger partial charge in [0.15, 0.2) is 0 Å². The molecule has 1 unspecified atom stereocenters. The third-order valence-corrected chi connectivity index (χ3v) is 4.89. The van der Waals surface area contributed by atoms with Gasteiger partial charge in [-0.3, -0.25) is 4.79 Å². The van der Waals surface area contributed by atoms with E-state index in [9.17, 15) is 9.90 Å². The Morgan fingerprint density at radius 3 is 3.05 bits per heavy atom. The first-order valence-electron chi connectivity index (χ1n) is 7.11. The lowest BCUT2D eigenvalue weighted by Gasteiger charge is -2.21. The maximum atomic E-state index is 11.6. The van der Waals surface area contributed by atoms with Gasteiger partial charge in [0.05, 0.1) is 11.1 Å². The highest BCUT2D eigenvalue weighted by atomic mass is 32.2. The molecule has 1 amide bonds. The van der Waals surface area contributed by atoms with E-state index in [1.54, 1.807) is 23.9 Å². The molecule has 0 bridgehead atoms. The Balaban J connectivity index is 1.80. The number of carbonyl (C=O) groups excluding carboxylic acids is 1. The van der Waals surface area contributed by atoms with E-state index in [0.717, 1.165) is 29.8 Å². The maximum absolute atomic E-state index is 11.6. The van der Waals surface area contributed by atoms with Crippen LogP contribution in [0.25, 0.3) is 0 Å². The standard InChI is InChI=1S/C15H22N2O2S/c1-3-4-5-14(19)16-9-8-15-17(2)12-7-6-11(18)10-13(12)20-15/h6-7,10,15,18H,3-5,8-9H2,1-2H3,(H,16,19). The smallest absolute Gasteiger partial charge is 0.219 e. The van der Waals surface area contributed by atoms with Gasteiger partial charge in [0.25, 0.3) is 0 Å². The number of aromatic hydroxyl groups is 1. The highest BCUT2D eigenvalue weighted by molar-refractivity contribution is 8.00. The van der Waals surface area contributed by atoms with Crippen LogP contribution in [-0.2, 0) is 4.79 Å². The molecule has 0 fully saturated rings. The van der Waals surface area contributed by atoms with Gasteiger partial charge in [-0.1, -0.05) is 25.1 Å². The summed E-state index contributed by atoms with van der Waals surface area (Å²) in [6.45, 7) is 2.79. The number of benzene rings is 1. The second-order valence-electron chi connectivity index (χ2n) is 5.08. The molecule has 0 saturated heterocycles. The summed E-state index contributed by atoms with van der Waals surface area (Å²) in [7, 11) is 2.06. The molecule has 1 aromatic carbocycles. The first-order chi connectivity index (χ1) is 9.61. The Morgan fingerprint density at radius 1 is 1.50 bits per heavy atom. The second kappa shape index (κ2) is 6.88. The third kappa shape index (κ3) is 3.60. The zero-order chi connectivity index (χ0) is 14.5. The van der Waals surface area contributed by atoms with E-state index in [0.29, 0.717) is 24.1 Å². The number of thioether (sulfide) groups is 1. The number of nitrogens with one attached hydrogen (secondary N) is 1. The largest absolute Gasteiger partial charge is 0.508 e. The van der Waals surface area contributed by atoms with Crippen molar-refractivity contribution in [3.05, 3.63) is 18.2 Å². The van der Waals surface area contributed by atoms with E-state index in [4.69, 9.17) is 0 Å². The quantitative estimate of drug-likeness (QED) is 0.847. The number of carbonyl (C=O) groups is 1. The Labute approximate surface area is 124 Å². The molecule has 0 aromatic heterocycles. The number of phenolic OH excluding ortho intramolecular Hbond substituents is 1. The van der Waals surface area contributed by atoms with Crippen molar-refractivity contribution in [1.82, 2.24) is 5.32 Å². The van der Waals surface area contributed by atoms with Gasteiger partial charge in [-0.05, 0) is 31.0 Å². The Morgan fingerprint density at radius 2 is 2.30 bits per heavy atom. The molecule has 2 rings (SSSR count). The van der Waals surface area contributed by atoms with Crippen molar-refractivity contribution in [2.45, 2.75) is 42.9 Å². The van der Waals surface area contributed by atoms with Crippen LogP contribution in [0.5, 0.6) is 5.75 Å². The third-order valence-electron chi connectivity index (χ3n) is 3.49. The van der Waals surface area contributed by atoms with Crippen LogP contribution in [0.3, 0.4) is 0 Å². The van der Waals surface area contributed by atoms with Crippen LogP contribution in [0.1, 0.15) is 32.6 Å². The first-order valence-corrected chi connectivity index (χ1v) is 7.99. The monoisotopic (exact) mass is 294 g/mol. The van der Waals surface area contributed by atoms with Crippen molar-refractivity contribution in [3.8, 4) is 5.75 Å². The van der Waals surface area contributed by atoms with E-state index in [2.05, 4.69) is 24.2 Å². The molecule has 1 aliphatic rings. The van der Waals surface area contributed by atoms with Gasteiger partial charge in [0.2, 0.25) is 5.91 Å². The minimum absolute atomic E-state index is 0.146. The zero-order valence-electron chi connectivity index (χ0n) is 12.1. The fourth-order valence-electron chi connectivity index (χ4n) is 2.28. The van der Waals surface area contributed by atoms with Crippen LogP contribution in [0.15, 0.2) is 23.1 Å². The maximum Gasteiger partial charge on any atom is 0.219 e. The van der Waals surface area contributed by atoms with Gasteiger partial charge in [-0.2, -0.15) is 0 Å². The fourth-order valence-corrected chi connectivity index (χ4v) is 3.60. The van der Waals surface area contributed by atoms with E-state index in [-0.39, 0.29) is 5.91 Å². The van der Waals surface area contributed by atoms with E-state index in [1.165, 1.54) is 0 Å². The number of phenols is 1. The predicted molar refractivity (Wildman–Crippen MR) is 83.3 cm³/mol. The van der Waals surface area contributed by atoms with E-state index in [1.807, 2.05) is 6.07 Å². The van der Waals surface area contributed by atoms with Crippen LogP contribution in [0, 0.1) is 0 Å². The molecular weight excluding hydrogens is 272 g/mol. The minimum atomic E-state index is 0.146. The van der Waals surface area contributed by atoms with Crippen molar-refractivity contribution < 1.29 is 9.90 Å². The number of fused-ring (bicyclic) bond motifs is 1. The average molecular weight is 294 g/mol. The Bertz CT molecular complexity index is 479. The van der Waals surface area contributed by atoms with Gasteiger partial charge >= 0.3 is 0 Å². The molecule has 4 nitrogen and oxygen atoms in total. The molecule has 0 aliphatic carbocycles. The topological polar surface area (TPSA) is 52.6 Å². The molecule has 110 valence electrons. The van der Waals surface area contributed by atoms with Gasteiger partial charge in [0.1, 0.15) is 5.75 Å². The van der Waals surface area contributed by atoms with E-state index >= 15 is 0 Å². The summed E-state index contributed by atoms with van der Waals surface area (Å²) in [6.07, 6.45) is 3.52. The normalized spacial score (nSPS) is 17.1. The van der Waals surface area contributed by atoms with Crippen molar-refractivity contribution >= 4 is 23.4 Å². The van der Waals surface area contributed by atoms with Crippen molar-refractivity contribution in [3.63, 3.8) is 0 Å². The summed E-state index contributed by atoms with van der Waals surface area (Å²) in [6, 6.07) is 5.46. The summed E-state index contributed by atoms with van der Waals surface area (Å²) in [5.41, 5.74) is 1.15. The Hall–Kier alpha value is -1.36. The fraction of sp³-hybridized carbons (Fsp3) is 0.533. The lowest BCUT2D eigenvalue weighted by Crippen LogP contribution is -2.31. The molecule has 1 atom stereocenters. The summed E-state index contributed by atoms with van der Waals surface area (Å²) < 4.78 is 0. The number of hydrogen-bond donors (Lipinski definition) is 2. The summed E-state index contributed by atoms with van der Waals surface area (Å²) in [5, 5.41) is 12.8. The van der Waals surface area contributed by atoms with Crippen molar-refractivity contribution in [1.29, 1.82) is 0 Å². The first kappa shape index (κ1) is 15.0. The highest BCUT2D eigenvalue weighted by Gasteiger charge is 2.27. The zero-order valence-corrected chi connectivity index (χ0v) is 12.9. The van der Waals surface area contributed by atoms with Crippen molar-refractivity contribution in [2.75, 3.05) is 18.5 Å². The van der Waals surface area contributed by atoms with E-state index < -0.39 is 0 Å². The predicted octanol–water partition coefficient (Wildman–Crippen LogP) is 2.96. The number of amides is 1. The lowest BCUT2D eigenvalue weighted by molar-refractivity contribution is -0.121. The number of rotatable bonds is 6. The van der Waals surface area contributed by atoms with Crippen LogP contribution < -0.4 is 10.2 Å². The molecule has 0 spiro atoms. The van der Waals surface area contributed by atoms with Crippen LogP contribution in [0.2, 0.25) is 0 Å². The summed E-state index contributed by atoms with van der Waals surface area (Å²) >= 11 is 1.74. The number of hydrogen-bond acceptors (Lipinski definition) is 4. The van der Waals surface area contributed by atoms with Gasteiger partial charge in [0, 0.05) is 24.9 Å². The second-order valence-corrected chi connectivity index (χ2v) is 6.30. The molecule has 5 heteroatoms. The molecular formula is C15H22N2O2S. The summed E-state index contributed by atoms with van der Waals surface area (Å²) in [4.78, 5) is 14.9. The lowest BCUT2D eigenvalue weighted by atomic mass is 10.2. The number of nitrogens with zero attached hydrogens (tertiary/aromatic N) is 1. The molecule has 1 aliphatic heterocycles. The average Bonchev–Trinajstić information content (AvgIpc) is 2.72. The minimum Gasteiger partial charge on any atom is -0.508 e. The molecule has 1 aromatic rings. The molecule has 20 heavy (non-hydrogen) atoms. The molecule has 1 heterocycles. The van der Waals surface area contributed by atoms with Crippen LogP contribution in [-0.4, -0.2) is 30.0 Å². The Kier molecular flexibility index (Phi) is 5.17. The van der Waals surface area contributed by atoms with Crippen molar-refractivity contribution in [2.24, 2.45) is 0 Å². The molecule has 0 saturated carbocycles. The SMILES string of the molecule is CCCCC(=O)NCCC1Sc2cc(O)ccc2N1C. The van der Waals surface area contributed by atoms with Gasteiger partial charge < -0.3 is 15.3 Å². The number of anilines is 1. The summed E-state index contributed by atoms with van der Waals surface area (Å²) in [5.74, 6) is 0.450. The molecule has 0 radical (unpaired) electrons.